The predicted molar refractivity (Wildman–Crippen MR) is 74.2 cm³/mol. The normalized spacial score (nSPS) is 13.1. The highest BCUT2D eigenvalue weighted by Gasteiger charge is 2.16. The summed E-state index contributed by atoms with van der Waals surface area (Å²) in [5.74, 6) is -0.227. The van der Waals surface area contributed by atoms with E-state index in [1.165, 1.54) is 6.26 Å². The van der Waals surface area contributed by atoms with Crippen molar-refractivity contribution < 1.29 is 13.2 Å². The number of sulfone groups is 1. The van der Waals surface area contributed by atoms with Crippen LogP contribution in [-0.4, -0.2) is 39.1 Å². The van der Waals surface area contributed by atoms with Crippen molar-refractivity contribution in [3.63, 3.8) is 0 Å². The first-order valence-corrected chi connectivity index (χ1v) is 7.89. The largest absolute Gasteiger partial charge is 0.341 e. The van der Waals surface area contributed by atoms with Gasteiger partial charge < -0.3 is 10.6 Å². The second-order valence-electron chi connectivity index (χ2n) is 4.75. The van der Waals surface area contributed by atoms with Crippen LogP contribution in [0.5, 0.6) is 0 Å². The molecule has 0 aliphatic carbocycles. The highest BCUT2D eigenvalue weighted by Crippen LogP contribution is 2.12. The summed E-state index contributed by atoms with van der Waals surface area (Å²) in [7, 11) is -1.47. The van der Waals surface area contributed by atoms with E-state index in [4.69, 9.17) is 5.73 Å². The van der Waals surface area contributed by atoms with E-state index in [0.29, 0.717) is 13.1 Å². The quantitative estimate of drug-likeness (QED) is 0.860. The molecular formula is C13H20N2O3S. The van der Waals surface area contributed by atoms with Crippen LogP contribution < -0.4 is 5.73 Å². The highest BCUT2D eigenvalue weighted by atomic mass is 32.2. The van der Waals surface area contributed by atoms with Crippen LogP contribution >= 0.6 is 0 Å². The van der Waals surface area contributed by atoms with E-state index in [1.807, 2.05) is 0 Å². The molecule has 106 valence electrons. The molecular weight excluding hydrogens is 264 g/mol. The predicted octanol–water partition coefficient (Wildman–Crippen LogP) is 0.643. The molecule has 19 heavy (non-hydrogen) atoms. The summed E-state index contributed by atoms with van der Waals surface area (Å²) >= 11 is 0. The summed E-state index contributed by atoms with van der Waals surface area (Å²) in [6.07, 6.45) is 1.17. The van der Waals surface area contributed by atoms with Crippen molar-refractivity contribution in [2.75, 3.05) is 19.8 Å². The Morgan fingerprint density at radius 3 is 2.26 bits per heavy atom. The topological polar surface area (TPSA) is 80.5 Å². The number of amides is 1. The lowest BCUT2D eigenvalue weighted by molar-refractivity contribution is -0.133. The second-order valence-corrected chi connectivity index (χ2v) is 6.76. The summed E-state index contributed by atoms with van der Waals surface area (Å²) in [5, 5.41) is 0. The molecule has 1 rings (SSSR count). The van der Waals surface area contributed by atoms with Gasteiger partial charge >= 0.3 is 0 Å². The molecule has 0 fully saturated rings. The molecule has 0 radical (unpaired) electrons. The Morgan fingerprint density at radius 1 is 1.32 bits per heavy atom. The third kappa shape index (κ3) is 4.33. The summed E-state index contributed by atoms with van der Waals surface area (Å²) in [4.78, 5) is 13.7. The maximum absolute atomic E-state index is 11.9. The first-order valence-electron chi connectivity index (χ1n) is 5.99. The minimum atomic E-state index is -3.18. The van der Waals surface area contributed by atoms with Gasteiger partial charge in [0.1, 0.15) is 0 Å². The Kier molecular flexibility index (Phi) is 5.08. The number of nitrogens with zero attached hydrogens (tertiary/aromatic N) is 1. The summed E-state index contributed by atoms with van der Waals surface area (Å²) in [6, 6.07) is 6.53. The lowest BCUT2D eigenvalue weighted by Crippen LogP contribution is -2.34. The lowest BCUT2D eigenvalue weighted by atomic mass is 10.1. The van der Waals surface area contributed by atoms with Crippen LogP contribution in [0.2, 0.25) is 0 Å². The number of hydrogen-bond acceptors (Lipinski definition) is 4. The molecule has 0 saturated heterocycles. The number of benzene rings is 1. The molecule has 0 aromatic heterocycles. The van der Waals surface area contributed by atoms with Crippen molar-refractivity contribution in [2.24, 2.45) is 11.7 Å². The van der Waals surface area contributed by atoms with E-state index in [-0.39, 0.29) is 16.7 Å². The monoisotopic (exact) mass is 284 g/mol. The molecule has 5 nitrogen and oxygen atoms in total. The molecule has 2 N–H and O–H groups in total. The van der Waals surface area contributed by atoms with E-state index in [1.54, 1.807) is 43.1 Å². The van der Waals surface area contributed by atoms with E-state index >= 15 is 0 Å². The first kappa shape index (κ1) is 15.7. The number of nitrogens with two attached hydrogens (primary N) is 1. The molecule has 0 aliphatic heterocycles. The van der Waals surface area contributed by atoms with Crippen molar-refractivity contribution in [1.82, 2.24) is 4.90 Å². The van der Waals surface area contributed by atoms with Crippen LogP contribution in [-0.2, 0) is 21.2 Å². The van der Waals surface area contributed by atoms with Gasteiger partial charge in [-0.05, 0) is 17.7 Å². The van der Waals surface area contributed by atoms with Crippen LogP contribution in [0.1, 0.15) is 12.5 Å². The molecule has 0 aliphatic rings. The van der Waals surface area contributed by atoms with E-state index in [0.717, 1.165) is 5.56 Å². The van der Waals surface area contributed by atoms with Gasteiger partial charge in [0.25, 0.3) is 0 Å². The molecule has 0 bridgehead atoms. The zero-order valence-electron chi connectivity index (χ0n) is 11.5. The fraction of sp³-hybridized carbons (Fsp3) is 0.462. The molecule has 1 aromatic carbocycles. The zero-order valence-corrected chi connectivity index (χ0v) is 12.3. The van der Waals surface area contributed by atoms with Gasteiger partial charge in [-0.1, -0.05) is 19.1 Å². The molecule has 0 heterocycles. The Morgan fingerprint density at radius 2 is 1.84 bits per heavy atom. The molecule has 6 heteroatoms. The Balaban J connectivity index is 2.76. The smallest absolute Gasteiger partial charge is 0.226 e. The maximum Gasteiger partial charge on any atom is 0.226 e. The van der Waals surface area contributed by atoms with Gasteiger partial charge in [0.2, 0.25) is 5.91 Å². The summed E-state index contributed by atoms with van der Waals surface area (Å²) in [6.45, 7) is 2.54. The Bertz CT molecular complexity index is 538. The average Bonchev–Trinajstić information content (AvgIpc) is 2.36. The third-order valence-electron chi connectivity index (χ3n) is 2.92. The van der Waals surface area contributed by atoms with Crippen molar-refractivity contribution in [1.29, 1.82) is 0 Å². The second kappa shape index (κ2) is 6.16. The SMILES string of the molecule is CC(CN)C(=O)N(C)Cc1ccc(S(C)(=O)=O)cc1. The zero-order chi connectivity index (χ0) is 14.6. The Hall–Kier alpha value is -1.40. The lowest BCUT2D eigenvalue weighted by Gasteiger charge is -2.20. The van der Waals surface area contributed by atoms with Crippen LogP contribution in [0.4, 0.5) is 0 Å². The number of hydrogen-bond donors (Lipinski definition) is 1. The molecule has 0 spiro atoms. The highest BCUT2D eigenvalue weighted by molar-refractivity contribution is 7.90. The van der Waals surface area contributed by atoms with E-state index in [9.17, 15) is 13.2 Å². The van der Waals surface area contributed by atoms with Gasteiger partial charge in [-0.25, -0.2) is 8.42 Å². The fourth-order valence-electron chi connectivity index (χ4n) is 1.67. The fourth-order valence-corrected chi connectivity index (χ4v) is 2.30. The van der Waals surface area contributed by atoms with Crippen LogP contribution in [0, 0.1) is 5.92 Å². The minimum Gasteiger partial charge on any atom is -0.341 e. The van der Waals surface area contributed by atoms with E-state index in [2.05, 4.69) is 0 Å². The van der Waals surface area contributed by atoms with Crippen LogP contribution in [0.3, 0.4) is 0 Å². The third-order valence-corrected chi connectivity index (χ3v) is 4.05. The van der Waals surface area contributed by atoms with Gasteiger partial charge in [-0.2, -0.15) is 0 Å². The average molecular weight is 284 g/mol. The minimum absolute atomic E-state index is 0.0188. The van der Waals surface area contributed by atoms with Crippen molar-refractivity contribution in [3.8, 4) is 0 Å². The standard InChI is InChI=1S/C13H20N2O3S/c1-10(8-14)13(16)15(2)9-11-4-6-12(7-5-11)19(3,17)18/h4-7,10H,8-9,14H2,1-3H3. The Labute approximate surface area is 114 Å². The molecule has 1 atom stereocenters. The van der Waals surface area contributed by atoms with Gasteiger partial charge in [-0.15, -0.1) is 0 Å². The van der Waals surface area contributed by atoms with Gasteiger partial charge in [0.15, 0.2) is 9.84 Å². The molecule has 0 saturated carbocycles. The van der Waals surface area contributed by atoms with Crippen LogP contribution in [0.15, 0.2) is 29.2 Å². The first-order chi connectivity index (χ1) is 8.75. The number of rotatable bonds is 5. The molecule has 1 aromatic rings. The summed E-state index contributed by atoms with van der Waals surface area (Å²) in [5.41, 5.74) is 6.34. The summed E-state index contributed by atoms with van der Waals surface area (Å²) < 4.78 is 22.6. The number of carbonyl (C=O) groups excluding carboxylic acids is 1. The van der Waals surface area contributed by atoms with Gasteiger partial charge in [0, 0.05) is 32.3 Å². The van der Waals surface area contributed by atoms with Crippen molar-refractivity contribution in [3.05, 3.63) is 29.8 Å². The van der Waals surface area contributed by atoms with E-state index < -0.39 is 9.84 Å². The molecule has 1 unspecified atom stereocenters. The van der Waals surface area contributed by atoms with Gasteiger partial charge in [0.05, 0.1) is 4.90 Å². The van der Waals surface area contributed by atoms with Crippen molar-refractivity contribution >= 4 is 15.7 Å². The number of carbonyl (C=O) groups is 1. The molecule has 1 amide bonds. The van der Waals surface area contributed by atoms with Crippen LogP contribution in [0.25, 0.3) is 0 Å². The van der Waals surface area contributed by atoms with Gasteiger partial charge in [-0.3, -0.25) is 4.79 Å². The maximum atomic E-state index is 11.9. The van der Waals surface area contributed by atoms with Crippen molar-refractivity contribution in [2.45, 2.75) is 18.4 Å².